The minimum Gasteiger partial charge on any atom is -0.478 e. The normalized spacial score (nSPS) is 11.4. The van der Waals surface area contributed by atoms with Gasteiger partial charge < -0.3 is 5.11 Å². The van der Waals surface area contributed by atoms with Crippen molar-refractivity contribution in [3.63, 3.8) is 0 Å². The molecule has 2 aromatic rings. The van der Waals surface area contributed by atoms with Crippen LogP contribution in [-0.2, 0) is 4.79 Å². The number of carboxylic acids is 1. The highest BCUT2D eigenvalue weighted by atomic mass is 127. The highest BCUT2D eigenvalue weighted by Crippen LogP contribution is 2.21. The predicted molar refractivity (Wildman–Crippen MR) is 88.8 cm³/mol. The zero-order valence-corrected chi connectivity index (χ0v) is 13.6. The number of rotatable bonds is 3. The SMILES string of the molecule is O=C(O)C(=Cc1ccc(Br)cc1)c1ccc(I)cc1. The van der Waals surface area contributed by atoms with E-state index in [1.54, 1.807) is 6.08 Å². The molecule has 0 amide bonds. The summed E-state index contributed by atoms with van der Waals surface area (Å²) in [6.07, 6.45) is 1.68. The first-order valence-corrected chi connectivity index (χ1v) is 7.40. The summed E-state index contributed by atoms with van der Waals surface area (Å²) < 4.78 is 2.05. The fourth-order valence-electron chi connectivity index (χ4n) is 1.62. The maximum absolute atomic E-state index is 11.4. The molecule has 1 N–H and O–H groups in total. The molecule has 0 saturated heterocycles. The topological polar surface area (TPSA) is 37.3 Å². The Morgan fingerprint density at radius 3 is 2.16 bits per heavy atom. The first kappa shape index (κ1) is 14.3. The van der Waals surface area contributed by atoms with E-state index in [0.717, 1.165) is 13.6 Å². The summed E-state index contributed by atoms with van der Waals surface area (Å²) in [7, 11) is 0. The number of halogens is 2. The average Bonchev–Trinajstić information content (AvgIpc) is 2.39. The molecule has 0 spiro atoms. The van der Waals surface area contributed by atoms with Crippen molar-refractivity contribution in [1.82, 2.24) is 0 Å². The lowest BCUT2D eigenvalue weighted by Crippen LogP contribution is -1.99. The second-order valence-electron chi connectivity index (χ2n) is 3.92. The van der Waals surface area contributed by atoms with Gasteiger partial charge in [-0.15, -0.1) is 0 Å². The molecule has 0 saturated carbocycles. The molecule has 0 radical (unpaired) electrons. The molecule has 96 valence electrons. The molecule has 2 nitrogen and oxygen atoms in total. The second kappa shape index (κ2) is 6.34. The Hall–Kier alpha value is -1.14. The zero-order chi connectivity index (χ0) is 13.8. The third-order valence-electron chi connectivity index (χ3n) is 2.57. The Morgan fingerprint density at radius 2 is 1.63 bits per heavy atom. The Morgan fingerprint density at radius 1 is 1.05 bits per heavy atom. The van der Waals surface area contributed by atoms with Crippen LogP contribution in [0.25, 0.3) is 11.6 Å². The minimum atomic E-state index is -0.927. The Bertz CT molecular complexity index is 616. The smallest absolute Gasteiger partial charge is 0.336 e. The molecule has 0 bridgehead atoms. The number of hydrogen-bond acceptors (Lipinski definition) is 1. The van der Waals surface area contributed by atoms with E-state index in [0.29, 0.717) is 11.1 Å². The molecule has 0 heterocycles. The zero-order valence-electron chi connectivity index (χ0n) is 9.81. The molecule has 0 aliphatic carbocycles. The van der Waals surface area contributed by atoms with Gasteiger partial charge in [-0.3, -0.25) is 0 Å². The van der Waals surface area contributed by atoms with Crippen LogP contribution >= 0.6 is 38.5 Å². The molecule has 2 rings (SSSR count). The third kappa shape index (κ3) is 3.91. The summed E-state index contributed by atoms with van der Waals surface area (Å²) in [5.41, 5.74) is 1.86. The van der Waals surface area contributed by atoms with Gasteiger partial charge in [0.1, 0.15) is 0 Å². The monoisotopic (exact) mass is 428 g/mol. The summed E-state index contributed by atoms with van der Waals surface area (Å²) >= 11 is 5.55. The third-order valence-corrected chi connectivity index (χ3v) is 3.81. The first-order chi connectivity index (χ1) is 9.06. The van der Waals surface area contributed by atoms with Gasteiger partial charge in [0.05, 0.1) is 5.57 Å². The van der Waals surface area contributed by atoms with E-state index in [4.69, 9.17) is 0 Å². The predicted octanol–water partition coefficient (Wildman–Crippen LogP) is 4.68. The fraction of sp³-hybridized carbons (Fsp3) is 0. The molecular formula is C15H10BrIO2. The van der Waals surface area contributed by atoms with Crippen molar-refractivity contribution in [3.8, 4) is 0 Å². The van der Waals surface area contributed by atoms with Crippen LogP contribution in [0.2, 0.25) is 0 Å². The van der Waals surface area contributed by atoms with Crippen LogP contribution in [0.3, 0.4) is 0 Å². The molecule has 0 aliphatic rings. The van der Waals surface area contributed by atoms with Crippen molar-refractivity contribution < 1.29 is 9.90 Å². The van der Waals surface area contributed by atoms with E-state index < -0.39 is 5.97 Å². The molecule has 2 aromatic carbocycles. The highest BCUT2D eigenvalue weighted by molar-refractivity contribution is 14.1. The highest BCUT2D eigenvalue weighted by Gasteiger charge is 2.10. The van der Waals surface area contributed by atoms with Crippen molar-refractivity contribution in [2.24, 2.45) is 0 Å². The lowest BCUT2D eigenvalue weighted by molar-refractivity contribution is -0.130. The minimum absolute atomic E-state index is 0.290. The van der Waals surface area contributed by atoms with E-state index in [-0.39, 0.29) is 0 Å². The standard InChI is InChI=1S/C15H10BrIO2/c16-12-5-1-10(2-6-12)9-14(15(18)19)11-3-7-13(17)8-4-11/h1-9H,(H,18,19). The maximum atomic E-state index is 11.4. The van der Waals surface area contributed by atoms with Gasteiger partial charge in [0.2, 0.25) is 0 Å². The van der Waals surface area contributed by atoms with Crippen molar-refractivity contribution in [1.29, 1.82) is 0 Å². The van der Waals surface area contributed by atoms with E-state index in [2.05, 4.69) is 38.5 Å². The summed E-state index contributed by atoms with van der Waals surface area (Å²) in [4.78, 5) is 11.4. The molecule has 0 aromatic heterocycles. The van der Waals surface area contributed by atoms with Crippen molar-refractivity contribution in [2.45, 2.75) is 0 Å². The second-order valence-corrected chi connectivity index (χ2v) is 6.08. The first-order valence-electron chi connectivity index (χ1n) is 5.53. The quantitative estimate of drug-likeness (QED) is 0.438. The summed E-state index contributed by atoms with van der Waals surface area (Å²) in [5.74, 6) is -0.927. The summed E-state index contributed by atoms with van der Waals surface area (Å²) in [6.45, 7) is 0. The van der Waals surface area contributed by atoms with Crippen LogP contribution in [0.4, 0.5) is 0 Å². The summed E-state index contributed by atoms with van der Waals surface area (Å²) in [6, 6.07) is 15.0. The Balaban J connectivity index is 2.43. The van der Waals surface area contributed by atoms with Gasteiger partial charge in [0.25, 0.3) is 0 Å². The van der Waals surface area contributed by atoms with Crippen molar-refractivity contribution >= 4 is 56.1 Å². The van der Waals surface area contributed by atoms with Gasteiger partial charge in [-0.25, -0.2) is 4.79 Å². The average molecular weight is 429 g/mol. The lowest BCUT2D eigenvalue weighted by atomic mass is 10.0. The van der Waals surface area contributed by atoms with Gasteiger partial charge in [0, 0.05) is 8.04 Å². The molecule has 0 fully saturated rings. The number of carbonyl (C=O) groups is 1. The number of hydrogen-bond donors (Lipinski definition) is 1. The van der Waals surface area contributed by atoms with Crippen molar-refractivity contribution in [3.05, 3.63) is 67.7 Å². The summed E-state index contributed by atoms with van der Waals surface area (Å²) in [5, 5.41) is 9.33. The molecule has 0 atom stereocenters. The van der Waals surface area contributed by atoms with E-state index in [1.165, 1.54) is 0 Å². The number of benzene rings is 2. The van der Waals surface area contributed by atoms with Gasteiger partial charge in [-0.1, -0.05) is 40.2 Å². The van der Waals surface area contributed by atoms with Gasteiger partial charge in [-0.2, -0.15) is 0 Å². The van der Waals surface area contributed by atoms with E-state index in [9.17, 15) is 9.90 Å². The Kier molecular flexibility index (Phi) is 4.76. The molecular weight excluding hydrogens is 419 g/mol. The fourth-order valence-corrected chi connectivity index (χ4v) is 2.25. The lowest BCUT2D eigenvalue weighted by Gasteiger charge is -2.03. The molecule has 0 aliphatic heterocycles. The van der Waals surface area contributed by atoms with Crippen LogP contribution in [-0.4, -0.2) is 11.1 Å². The van der Waals surface area contributed by atoms with Gasteiger partial charge in [0.15, 0.2) is 0 Å². The van der Waals surface area contributed by atoms with Gasteiger partial charge in [-0.05, 0) is 64.1 Å². The van der Waals surface area contributed by atoms with Crippen molar-refractivity contribution in [2.75, 3.05) is 0 Å². The maximum Gasteiger partial charge on any atom is 0.336 e. The van der Waals surface area contributed by atoms with Crippen LogP contribution in [0.5, 0.6) is 0 Å². The number of aliphatic carboxylic acids is 1. The largest absolute Gasteiger partial charge is 0.478 e. The van der Waals surface area contributed by atoms with Crippen LogP contribution in [0.15, 0.2) is 53.0 Å². The van der Waals surface area contributed by atoms with Crippen LogP contribution in [0.1, 0.15) is 11.1 Å². The molecule has 0 unspecified atom stereocenters. The van der Waals surface area contributed by atoms with Gasteiger partial charge >= 0.3 is 5.97 Å². The number of carboxylic acid groups (broad SMARTS) is 1. The molecule has 4 heteroatoms. The van der Waals surface area contributed by atoms with E-state index in [1.807, 2.05) is 48.5 Å². The van der Waals surface area contributed by atoms with Crippen LogP contribution < -0.4 is 0 Å². The van der Waals surface area contributed by atoms with Crippen LogP contribution in [0, 0.1) is 3.57 Å². The van der Waals surface area contributed by atoms with E-state index >= 15 is 0 Å². The molecule has 19 heavy (non-hydrogen) atoms. The Labute approximate surface area is 133 Å².